The third-order valence-electron chi connectivity index (χ3n) is 2.57. The highest BCUT2D eigenvalue weighted by Crippen LogP contribution is 2.09. The quantitative estimate of drug-likeness (QED) is 0.476. The van der Waals surface area contributed by atoms with Crippen LogP contribution in [0, 0.1) is 0 Å². The van der Waals surface area contributed by atoms with Crippen molar-refractivity contribution in [2.75, 3.05) is 36.1 Å². The van der Waals surface area contributed by atoms with Crippen LogP contribution in [-0.4, -0.2) is 46.2 Å². The minimum atomic E-state index is -0.967. The van der Waals surface area contributed by atoms with Gasteiger partial charge in [0.25, 0.3) is 0 Å². The van der Waals surface area contributed by atoms with Crippen molar-refractivity contribution in [3.63, 3.8) is 0 Å². The summed E-state index contributed by atoms with van der Waals surface area (Å²) in [5.74, 6) is 0.103. The molecule has 0 saturated carbocycles. The van der Waals surface area contributed by atoms with Crippen molar-refractivity contribution in [1.29, 1.82) is 0 Å². The van der Waals surface area contributed by atoms with Gasteiger partial charge in [-0.3, -0.25) is 4.79 Å². The van der Waals surface area contributed by atoms with E-state index in [2.05, 4.69) is 37.8 Å². The fourth-order valence-corrected chi connectivity index (χ4v) is 1.55. The molecule has 1 aromatic rings. The largest absolute Gasteiger partial charge is 0.480 e. The fourth-order valence-electron chi connectivity index (χ4n) is 1.55. The maximum absolute atomic E-state index is 10.5. The number of nitrogens with zero attached hydrogens (tertiary/aromatic N) is 3. The molecule has 0 fully saturated rings. The van der Waals surface area contributed by atoms with E-state index in [0.29, 0.717) is 11.9 Å². The number of hydrogen-bond donors (Lipinski definition) is 4. The van der Waals surface area contributed by atoms with Crippen molar-refractivity contribution in [3.05, 3.63) is 0 Å². The van der Waals surface area contributed by atoms with Gasteiger partial charge < -0.3 is 21.1 Å². The summed E-state index contributed by atoms with van der Waals surface area (Å²) in [4.78, 5) is 22.8. The Morgan fingerprint density at radius 3 is 2.30 bits per heavy atom. The van der Waals surface area contributed by atoms with Crippen LogP contribution in [0.5, 0.6) is 0 Å². The lowest BCUT2D eigenvalue weighted by atomic mass is 10.2. The number of hydrogen-bond acceptors (Lipinski definition) is 7. The average Bonchev–Trinajstić information content (AvgIpc) is 2.44. The van der Waals surface area contributed by atoms with Crippen molar-refractivity contribution in [2.45, 2.75) is 32.6 Å². The molecule has 0 aromatic carbocycles. The first kappa shape index (κ1) is 15.9. The molecule has 8 heteroatoms. The van der Waals surface area contributed by atoms with E-state index in [1.165, 1.54) is 12.8 Å². The molecule has 0 aliphatic carbocycles. The Morgan fingerprint density at radius 1 is 1.05 bits per heavy atom. The van der Waals surface area contributed by atoms with Crippen LogP contribution in [0.15, 0.2) is 0 Å². The second-order valence-corrected chi connectivity index (χ2v) is 4.29. The van der Waals surface area contributed by atoms with Gasteiger partial charge in [0.1, 0.15) is 6.54 Å². The summed E-state index contributed by atoms with van der Waals surface area (Å²) in [6, 6.07) is 0. The molecule has 0 spiro atoms. The van der Waals surface area contributed by atoms with Gasteiger partial charge in [0.2, 0.25) is 17.8 Å². The zero-order chi connectivity index (χ0) is 14.8. The molecule has 0 unspecified atom stereocenters. The molecular weight excluding hydrogens is 260 g/mol. The van der Waals surface area contributed by atoms with E-state index in [1.807, 2.05) is 0 Å². The van der Waals surface area contributed by atoms with Gasteiger partial charge in [0.15, 0.2) is 0 Å². The van der Waals surface area contributed by atoms with Crippen molar-refractivity contribution in [1.82, 2.24) is 15.0 Å². The molecule has 1 aromatic heterocycles. The Balaban J connectivity index is 2.55. The first-order valence-corrected chi connectivity index (χ1v) is 6.79. The van der Waals surface area contributed by atoms with E-state index in [4.69, 9.17) is 5.11 Å². The molecule has 0 amide bonds. The molecular formula is C12H22N6O2. The lowest BCUT2D eigenvalue weighted by molar-refractivity contribution is -0.134. The Bertz CT molecular complexity index is 426. The Hall–Kier alpha value is -2.12. The monoisotopic (exact) mass is 282 g/mol. The lowest BCUT2D eigenvalue weighted by Gasteiger charge is -2.09. The van der Waals surface area contributed by atoms with Crippen molar-refractivity contribution in [3.8, 4) is 0 Å². The van der Waals surface area contributed by atoms with E-state index in [-0.39, 0.29) is 12.5 Å². The van der Waals surface area contributed by atoms with Crippen LogP contribution in [0.3, 0.4) is 0 Å². The summed E-state index contributed by atoms with van der Waals surface area (Å²) in [6.45, 7) is 2.72. The summed E-state index contributed by atoms with van der Waals surface area (Å²) in [6.07, 6.45) is 4.62. The molecule has 4 N–H and O–H groups in total. The van der Waals surface area contributed by atoms with Gasteiger partial charge in [0, 0.05) is 13.6 Å². The van der Waals surface area contributed by atoms with E-state index in [9.17, 15) is 4.79 Å². The highest BCUT2D eigenvalue weighted by molar-refractivity contribution is 5.72. The van der Waals surface area contributed by atoms with E-state index in [1.54, 1.807) is 7.05 Å². The zero-order valence-corrected chi connectivity index (χ0v) is 11.9. The van der Waals surface area contributed by atoms with Crippen LogP contribution in [-0.2, 0) is 4.79 Å². The number of carboxylic acids is 1. The number of nitrogens with one attached hydrogen (secondary N) is 3. The maximum Gasteiger partial charge on any atom is 0.322 e. The van der Waals surface area contributed by atoms with Gasteiger partial charge in [-0.2, -0.15) is 15.0 Å². The van der Waals surface area contributed by atoms with Gasteiger partial charge in [-0.25, -0.2) is 0 Å². The number of rotatable bonds is 10. The molecule has 0 bridgehead atoms. The SMILES string of the molecule is CCCCCCNc1nc(NC)nc(NCC(=O)O)n1. The highest BCUT2D eigenvalue weighted by atomic mass is 16.4. The minimum Gasteiger partial charge on any atom is -0.480 e. The molecule has 0 radical (unpaired) electrons. The van der Waals surface area contributed by atoms with Crippen molar-refractivity contribution in [2.24, 2.45) is 0 Å². The number of carboxylic acid groups (broad SMARTS) is 1. The molecule has 8 nitrogen and oxygen atoms in total. The Labute approximate surface area is 118 Å². The Kier molecular flexibility index (Phi) is 7.08. The van der Waals surface area contributed by atoms with Crippen LogP contribution in [0.25, 0.3) is 0 Å². The molecule has 1 rings (SSSR count). The van der Waals surface area contributed by atoms with Crippen LogP contribution in [0.1, 0.15) is 32.6 Å². The predicted molar refractivity (Wildman–Crippen MR) is 78.1 cm³/mol. The standard InChI is InChI=1S/C12H22N6O2/c1-3-4-5-6-7-14-11-16-10(13-2)17-12(18-11)15-8-9(19)20/h3-8H2,1-2H3,(H,19,20)(H3,13,14,15,16,17,18). The average molecular weight is 282 g/mol. The summed E-state index contributed by atoms with van der Waals surface area (Å²) < 4.78 is 0. The van der Waals surface area contributed by atoms with Crippen LogP contribution in [0.4, 0.5) is 17.8 Å². The predicted octanol–water partition coefficient (Wildman–Crippen LogP) is 1.40. The number of aromatic nitrogens is 3. The smallest absolute Gasteiger partial charge is 0.322 e. The number of carbonyl (C=O) groups is 1. The molecule has 1 heterocycles. The summed E-state index contributed by atoms with van der Waals surface area (Å²) in [7, 11) is 1.70. The molecule has 0 aliphatic rings. The summed E-state index contributed by atoms with van der Waals surface area (Å²) in [5.41, 5.74) is 0. The molecule has 0 aliphatic heterocycles. The second kappa shape index (κ2) is 8.89. The molecule has 112 valence electrons. The Morgan fingerprint density at radius 2 is 1.70 bits per heavy atom. The normalized spacial score (nSPS) is 10.1. The van der Waals surface area contributed by atoms with Crippen molar-refractivity contribution >= 4 is 23.8 Å². The first-order valence-electron chi connectivity index (χ1n) is 6.79. The highest BCUT2D eigenvalue weighted by Gasteiger charge is 2.06. The van der Waals surface area contributed by atoms with E-state index < -0.39 is 5.97 Å². The third kappa shape index (κ3) is 6.17. The third-order valence-corrected chi connectivity index (χ3v) is 2.57. The van der Waals surface area contributed by atoms with Crippen LogP contribution < -0.4 is 16.0 Å². The van der Waals surface area contributed by atoms with Gasteiger partial charge in [-0.15, -0.1) is 0 Å². The van der Waals surface area contributed by atoms with Crippen LogP contribution in [0.2, 0.25) is 0 Å². The maximum atomic E-state index is 10.5. The number of unbranched alkanes of at least 4 members (excludes halogenated alkanes) is 3. The summed E-state index contributed by atoms with van der Waals surface area (Å²) in [5, 5.41) is 17.2. The number of aliphatic carboxylic acids is 1. The zero-order valence-electron chi connectivity index (χ0n) is 11.9. The first-order chi connectivity index (χ1) is 9.65. The molecule has 0 saturated heterocycles. The van der Waals surface area contributed by atoms with E-state index >= 15 is 0 Å². The van der Waals surface area contributed by atoms with Gasteiger partial charge in [-0.1, -0.05) is 26.2 Å². The van der Waals surface area contributed by atoms with Gasteiger partial charge >= 0.3 is 5.97 Å². The van der Waals surface area contributed by atoms with E-state index in [0.717, 1.165) is 19.4 Å². The summed E-state index contributed by atoms with van der Waals surface area (Å²) >= 11 is 0. The fraction of sp³-hybridized carbons (Fsp3) is 0.667. The topological polar surface area (TPSA) is 112 Å². The van der Waals surface area contributed by atoms with Crippen molar-refractivity contribution < 1.29 is 9.90 Å². The lowest BCUT2D eigenvalue weighted by Crippen LogP contribution is -2.16. The second-order valence-electron chi connectivity index (χ2n) is 4.29. The van der Waals surface area contributed by atoms with Gasteiger partial charge in [0.05, 0.1) is 0 Å². The molecule has 0 atom stereocenters. The minimum absolute atomic E-state index is 0.233. The van der Waals surface area contributed by atoms with Crippen LogP contribution >= 0.6 is 0 Å². The van der Waals surface area contributed by atoms with Gasteiger partial charge in [-0.05, 0) is 6.42 Å². The number of anilines is 3. The molecule has 20 heavy (non-hydrogen) atoms.